The Morgan fingerprint density at radius 3 is 2.58 bits per heavy atom. The molecule has 0 radical (unpaired) electrons. The summed E-state index contributed by atoms with van der Waals surface area (Å²) in [4.78, 5) is 38.3. The van der Waals surface area contributed by atoms with E-state index in [9.17, 15) is 19.7 Å². The van der Waals surface area contributed by atoms with Crippen molar-refractivity contribution in [1.82, 2.24) is 25.1 Å². The lowest BCUT2D eigenvalue weighted by Crippen LogP contribution is -2.43. The molecule has 4 rings (SSSR count). The highest BCUT2D eigenvalue weighted by Gasteiger charge is 2.35. The van der Waals surface area contributed by atoms with Crippen LogP contribution in [-0.4, -0.2) is 54.4 Å². The first-order chi connectivity index (χ1) is 15.8. The van der Waals surface area contributed by atoms with Crippen LogP contribution < -0.4 is 5.32 Å². The smallest absolute Gasteiger partial charge is 0.272 e. The molecule has 1 saturated heterocycles. The van der Waals surface area contributed by atoms with Crippen molar-refractivity contribution >= 4 is 23.2 Å². The number of nitro groups is 1. The predicted molar refractivity (Wildman–Crippen MR) is 119 cm³/mol. The van der Waals surface area contributed by atoms with E-state index in [-0.39, 0.29) is 17.5 Å². The number of amides is 2. The lowest BCUT2D eigenvalue weighted by atomic mass is 10.1. The van der Waals surface area contributed by atoms with E-state index in [1.807, 2.05) is 13.0 Å². The molecule has 11 heteroatoms. The Morgan fingerprint density at radius 1 is 1.12 bits per heavy atom. The van der Waals surface area contributed by atoms with E-state index in [4.69, 9.17) is 0 Å². The van der Waals surface area contributed by atoms with Gasteiger partial charge >= 0.3 is 0 Å². The van der Waals surface area contributed by atoms with Crippen LogP contribution in [0.4, 0.5) is 11.4 Å². The highest BCUT2D eigenvalue weighted by molar-refractivity contribution is 6.01. The van der Waals surface area contributed by atoms with E-state index in [0.29, 0.717) is 42.0 Å². The molecule has 0 bridgehead atoms. The van der Waals surface area contributed by atoms with Crippen molar-refractivity contribution in [1.29, 1.82) is 0 Å². The molecular formula is C22H23N7O4. The van der Waals surface area contributed by atoms with Gasteiger partial charge in [0, 0.05) is 29.4 Å². The standard InChI is InChI=1S/C22H23N7O4/c1-13-6-8-17(12-20(13)28-15(3)24-25-26-28)23-21(30)19-5-4-10-27(19)22(31)16-7-9-18(29(32)33)14(2)11-16/h6-9,11-12,19H,4-5,10H2,1-3H3,(H,23,30). The molecule has 2 aromatic carbocycles. The number of hydrogen-bond acceptors (Lipinski definition) is 7. The normalized spacial score (nSPS) is 15.5. The van der Waals surface area contributed by atoms with E-state index in [1.165, 1.54) is 23.1 Å². The van der Waals surface area contributed by atoms with Crippen molar-refractivity contribution in [3.63, 3.8) is 0 Å². The number of nitrogens with zero attached hydrogens (tertiary/aromatic N) is 6. The number of hydrogen-bond donors (Lipinski definition) is 1. The van der Waals surface area contributed by atoms with Crippen molar-refractivity contribution < 1.29 is 14.5 Å². The van der Waals surface area contributed by atoms with Crippen molar-refractivity contribution in [2.45, 2.75) is 39.7 Å². The van der Waals surface area contributed by atoms with Gasteiger partial charge in [0.25, 0.3) is 11.6 Å². The van der Waals surface area contributed by atoms with E-state index < -0.39 is 11.0 Å². The van der Waals surface area contributed by atoms with Gasteiger partial charge in [-0.2, -0.15) is 4.68 Å². The molecule has 3 aromatic rings. The minimum atomic E-state index is -0.632. The summed E-state index contributed by atoms with van der Waals surface area (Å²) in [6.45, 7) is 5.73. The summed E-state index contributed by atoms with van der Waals surface area (Å²) in [7, 11) is 0. The van der Waals surface area contributed by atoms with E-state index in [1.54, 1.807) is 30.7 Å². The average Bonchev–Trinajstić information content (AvgIpc) is 3.43. The number of benzene rings is 2. The first-order valence-corrected chi connectivity index (χ1v) is 10.5. The zero-order valence-electron chi connectivity index (χ0n) is 18.5. The molecule has 1 N–H and O–H groups in total. The van der Waals surface area contributed by atoms with Crippen LogP contribution in [0.25, 0.3) is 5.69 Å². The lowest BCUT2D eigenvalue weighted by Gasteiger charge is -2.24. The molecular weight excluding hydrogens is 426 g/mol. The fourth-order valence-corrected chi connectivity index (χ4v) is 4.04. The number of anilines is 1. The average molecular weight is 449 g/mol. The third-order valence-corrected chi connectivity index (χ3v) is 5.79. The first-order valence-electron chi connectivity index (χ1n) is 10.5. The number of likely N-dealkylation sites (tertiary alicyclic amines) is 1. The number of nitro benzene ring substituents is 1. The third-order valence-electron chi connectivity index (χ3n) is 5.79. The molecule has 1 aromatic heterocycles. The van der Waals surface area contributed by atoms with Crippen LogP contribution in [0.3, 0.4) is 0 Å². The molecule has 1 aliphatic heterocycles. The molecule has 1 unspecified atom stereocenters. The Balaban J connectivity index is 1.53. The zero-order valence-corrected chi connectivity index (χ0v) is 18.5. The van der Waals surface area contributed by atoms with Gasteiger partial charge in [0.2, 0.25) is 5.91 Å². The SMILES string of the molecule is Cc1ccc(NC(=O)C2CCCN2C(=O)c2ccc([N+](=O)[O-])c(C)c2)cc1-n1nnnc1C. The van der Waals surface area contributed by atoms with Gasteiger partial charge in [0.1, 0.15) is 6.04 Å². The molecule has 2 amide bonds. The number of carbonyl (C=O) groups excluding carboxylic acids is 2. The molecule has 170 valence electrons. The Labute approximate surface area is 189 Å². The van der Waals surface area contributed by atoms with E-state index in [2.05, 4.69) is 20.8 Å². The minimum absolute atomic E-state index is 0.0461. The van der Waals surface area contributed by atoms with Crippen LogP contribution in [0.1, 0.15) is 40.2 Å². The maximum absolute atomic E-state index is 13.1. The highest BCUT2D eigenvalue weighted by atomic mass is 16.6. The van der Waals surface area contributed by atoms with E-state index in [0.717, 1.165) is 11.3 Å². The molecule has 0 spiro atoms. The number of aryl methyl sites for hydroxylation is 3. The molecule has 2 heterocycles. The van der Waals surface area contributed by atoms with Gasteiger partial charge in [-0.25, -0.2) is 0 Å². The zero-order chi connectivity index (χ0) is 23.7. The van der Waals surface area contributed by atoms with Gasteiger partial charge in [-0.3, -0.25) is 19.7 Å². The van der Waals surface area contributed by atoms with Gasteiger partial charge in [-0.05, 0) is 73.9 Å². The Morgan fingerprint density at radius 2 is 1.91 bits per heavy atom. The van der Waals surface area contributed by atoms with Crippen molar-refractivity contribution in [2.75, 3.05) is 11.9 Å². The predicted octanol–water partition coefficient (Wildman–Crippen LogP) is 2.74. The summed E-state index contributed by atoms with van der Waals surface area (Å²) < 4.78 is 1.59. The second-order valence-electron chi connectivity index (χ2n) is 8.04. The van der Waals surface area contributed by atoms with Crippen LogP contribution in [0.5, 0.6) is 0 Å². The molecule has 1 aliphatic rings. The highest BCUT2D eigenvalue weighted by Crippen LogP contribution is 2.26. The number of tetrazole rings is 1. The molecule has 11 nitrogen and oxygen atoms in total. The summed E-state index contributed by atoms with van der Waals surface area (Å²) in [5, 5.41) is 25.5. The summed E-state index contributed by atoms with van der Waals surface area (Å²) in [6, 6.07) is 9.06. The quantitative estimate of drug-likeness (QED) is 0.467. The molecule has 33 heavy (non-hydrogen) atoms. The minimum Gasteiger partial charge on any atom is -0.327 e. The summed E-state index contributed by atoms with van der Waals surface area (Å²) in [5.41, 5.74) is 2.93. The summed E-state index contributed by atoms with van der Waals surface area (Å²) in [5.74, 6) is 0.00909. The van der Waals surface area contributed by atoms with Crippen LogP contribution in [-0.2, 0) is 4.79 Å². The number of aromatic nitrogens is 4. The first kappa shape index (κ1) is 22.1. The maximum atomic E-state index is 13.1. The second-order valence-corrected chi connectivity index (χ2v) is 8.04. The largest absolute Gasteiger partial charge is 0.327 e. The van der Waals surface area contributed by atoms with Gasteiger partial charge < -0.3 is 10.2 Å². The molecule has 0 aliphatic carbocycles. The van der Waals surface area contributed by atoms with Crippen molar-refractivity contribution in [3.05, 3.63) is 69.0 Å². The second kappa shape index (κ2) is 8.77. The number of rotatable bonds is 5. The maximum Gasteiger partial charge on any atom is 0.272 e. The fraction of sp³-hybridized carbons (Fsp3) is 0.318. The topological polar surface area (TPSA) is 136 Å². The molecule has 1 fully saturated rings. The van der Waals surface area contributed by atoms with Gasteiger partial charge in [0.05, 0.1) is 10.6 Å². The lowest BCUT2D eigenvalue weighted by molar-refractivity contribution is -0.385. The Hall–Kier alpha value is -4.15. The summed E-state index contributed by atoms with van der Waals surface area (Å²) >= 11 is 0. The Kier molecular flexibility index (Phi) is 5.86. The number of carbonyl (C=O) groups is 2. The van der Waals surface area contributed by atoms with Crippen molar-refractivity contribution in [3.8, 4) is 5.69 Å². The van der Waals surface area contributed by atoms with Crippen LogP contribution >= 0.6 is 0 Å². The van der Waals surface area contributed by atoms with Crippen LogP contribution in [0, 0.1) is 30.9 Å². The Bertz CT molecular complexity index is 1250. The van der Waals surface area contributed by atoms with Gasteiger partial charge in [-0.15, -0.1) is 5.10 Å². The fourth-order valence-electron chi connectivity index (χ4n) is 4.04. The number of nitrogens with one attached hydrogen (secondary N) is 1. The summed E-state index contributed by atoms with van der Waals surface area (Å²) in [6.07, 6.45) is 1.23. The van der Waals surface area contributed by atoms with E-state index >= 15 is 0 Å². The molecule has 1 atom stereocenters. The van der Waals surface area contributed by atoms with Crippen molar-refractivity contribution in [2.24, 2.45) is 0 Å². The monoisotopic (exact) mass is 449 g/mol. The van der Waals surface area contributed by atoms with Crippen LogP contribution in [0.15, 0.2) is 36.4 Å². The van der Waals surface area contributed by atoms with Gasteiger partial charge in [0.15, 0.2) is 5.82 Å². The third kappa shape index (κ3) is 4.29. The molecule has 0 saturated carbocycles. The van der Waals surface area contributed by atoms with Gasteiger partial charge in [-0.1, -0.05) is 6.07 Å². The van der Waals surface area contributed by atoms with Crippen LogP contribution in [0.2, 0.25) is 0 Å².